The van der Waals surface area contributed by atoms with Gasteiger partial charge in [0.15, 0.2) is 0 Å². The highest BCUT2D eigenvalue weighted by atomic mass is 32.2. The van der Waals surface area contributed by atoms with Gasteiger partial charge in [-0.3, -0.25) is 4.79 Å². The van der Waals surface area contributed by atoms with Crippen LogP contribution >= 0.6 is 11.8 Å². The molecule has 0 spiro atoms. The number of hydrogen-bond donors (Lipinski definition) is 1. The number of carbonyl (C=O) groups excluding carboxylic acids is 1. The second-order valence-corrected chi connectivity index (χ2v) is 5.90. The summed E-state index contributed by atoms with van der Waals surface area (Å²) < 4.78 is 0. The molecule has 0 saturated heterocycles. The Balaban J connectivity index is 1.80. The van der Waals surface area contributed by atoms with Crippen molar-refractivity contribution in [2.75, 3.05) is 0 Å². The van der Waals surface area contributed by atoms with Crippen LogP contribution in [0.2, 0.25) is 0 Å². The van der Waals surface area contributed by atoms with Gasteiger partial charge in [0.1, 0.15) is 5.03 Å². The van der Waals surface area contributed by atoms with E-state index in [0.29, 0.717) is 5.92 Å². The van der Waals surface area contributed by atoms with Crippen LogP contribution in [0, 0.1) is 5.92 Å². The normalized spacial score (nSPS) is 25.2. The summed E-state index contributed by atoms with van der Waals surface area (Å²) in [4.78, 5) is 16.3. The predicted octanol–water partition coefficient (Wildman–Crippen LogP) is 2.82. The fraction of sp³-hybridized carbons (Fsp3) is 0.538. The standard InChI is InChI=1S/C13H16N2OS/c16-11-10-7-4-8-14-13(10)17-12(15-11)9-5-2-1-3-6-9/h4,7-9,12H,1-3,5-6H2,(H,15,16). The Morgan fingerprint density at radius 2 is 2.12 bits per heavy atom. The van der Waals surface area contributed by atoms with Crippen LogP contribution in [-0.4, -0.2) is 16.3 Å². The molecule has 1 aliphatic carbocycles. The largest absolute Gasteiger partial charge is 0.340 e. The van der Waals surface area contributed by atoms with E-state index in [0.717, 1.165) is 10.6 Å². The van der Waals surface area contributed by atoms with Gasteiger partial charge in [0.05, 0.1) is 10.9 Å². The summed E-state index contributed by atoms with van der Waals surface area (Å²) in [5.41, 5.74) is 0.726. The van der Waals surface area contributed by atoms with Crippen molar-refractivity contribution in [3.63, 3.8) is 0 Å². The van der Waals surface area contributed by atoms with Crippen LogP contribution in [0.1, 0.15) is 42.5 Å². The fourth-order valence-electron chi connectivity index (χ4n) is 2.67. The summed E-state index contributed by atoms with van der Waals surface area (Å²) in [6.45, 7) is 0. The quantitative estimate of drug-likeness (QED) is 0.831. The molecule has 1 aromatic rings. The molecule has 2 heterocycles. The van der Waals surface area contributed by atoms with E-state index in [2.05, 4.69) is 10.3 Å². The van der Waals surface area contributed by atoms with E-state index < -0.39 is 0 Å². The molecular formula is C13H16N2OS. The van der Waals surface area contributed by atoms with E-state index in [1.54, 1.807) is 18.0 Å². The fourth-order valence-corrected chi connectivity index (χ4v) is 3.95. The Labute approximate surface area is 105 Å². The summed E-state index contributed by atoms with van der Waals surface area (Å²) >= 11 is 1.72. The third-order valence-electron chi connectivity index (χ3n) is 3.61. The molecule has 3 rings (SSSR count). The van der Waals surface area contributed by atoms with Crippen molar-refractivity contribution in [3.8, 4) is 0 Å². The third kappa shape index (κ3) is 2.18. The Morgan fingerprint density at radius 3 is 2.94 bits per heavy atom. The molecule has 1 aliphatic heterocycles. The van der Waals surface area contributed by atoms with E-state index in [4.69, 9.17) is 0 Å². The lowest BCUT2D eigenvalue weighted by molar-refractivity contribution is 0.0928. The zero-order valence-corrected chi connectivity index (χ0v) is 10.5. The number of carbonyl (C=O) groups is 1. The molecule has 3 nitrogen and oxygen atoms in total. The van der Waals surface area contributed by atoms with Gasteiger partial charge < -0.3 is 5.32 Å². The molecule has 1 saturated carbocycles. The molecule has 1 amide bonds. The van der Waals surface area contributed by atoms with Gasteiger partial charge in [-0.05, 0) is 30.9 Å². The molecule has 4 heteroatoms. The van der Waals surface area contributed by atoms with Crippen molar-refractivity contribution >= 4 is 17.7 Å². The minimum atomic E-state index is 0.0439. The number of thioether (sulfide) groups is 1. The summed E-state index contributed by atoms with van der Waals surface area (Å²) in [7, 11) is 0. The van der Waals surface area contributed by atoms with Gasteiger partial charge >= 0.3 is 0 Å². The van der Waals surface area contributed by atoms with Crippen LogP contribution < -0.4 is 5.32 Å². The van der Waals surface area contributed by atoms with Crippen molar-refractivity contribution < 1.29 is 4.79 Å². The number of rotatable bonds is 1. The molecule has 0 radical (unpaired) electrons. The summed E-state index contributed by atoms with van der Waals surface area (Å²) in [6, 6.07) is 3.67. The topological polar surface area (TPSA) is 42.0 Å². The Morgan fingerprint density at radius 1 is 1.29 bits per heavy atom. The molecule has 1 fully saturated rings. The van der Waals surface area contributed by atoms with Crippen molar-refractivity contribution in [3.05, 3.63) is 23.9 Å². The lowest BCUT2D eigenvalue weighted by Gasteiger charge is -2.33. The number of amides is 1. The molecule has 2 aliphatic rings. The summed E-state index contributed by atoms with van der Waals surface area (Å²) in [6.07, 6.45) is 8.18. The van der Waals surface area contributed by atoms with Gasteiger partial charge in [-0.2, -0.15) is 0 Å². The van der Waals surface area contributed by atoms with Crippen molar-refractivity contribution in [1.29, 1.82) is 0 Å². The van der Waals surface area contributed by atoms with Crippen LogP contribution in [0.25, 0.3) is 0 Å². The lowest BCUT2D eigenvalue weighted by atomic mass is 9.89. The highest BCUT2D eigenvalue weighted by molar-refractivity contribution is 8.00. The van der Waals surface area contributed by atoms with E-state index in [1.807, 2.05) is 12.1 Å². The first kappa shape index (κ1) is 11.1. The van der Waals surface area contributed by atoms with E-state index in [-0.39, 0.29) is 11.3 Å². The summed E-state index contributed by atoms with van der Waals surface area (Å²) in [5.74, 6) is 0.662. The van der Waals surface area contributed by atoms with Crippen LogP contribution in [0.4, 0.5) is 0 Å². The number of hydrogen-bond acceptors (Lipinski definition) is 3. The number of fused-ring (bicyclic) bond motifs is 1. The predicted molar refractivity (Wildman–Crippen MR) is 67.9 cm³/mol. The van der Waals surface area contributed by atoms with Gasteiger partial charge in [-0.15, -0.1) is 0 Å². The molecule has 90 valence electrons. The lowest BCUT2D eigenvalue weighted by Crippen LogP contribution is -2.42. The maximum atomic E-state index is 12.0. The smallest absolute Gasteiger partial charge is 0.254 e. The number of nitrogens with one attached hydrogen (secondary N) is 1. The van der Waals surface area contributed by atoms with Gasteiger partial charge in [0.25, 0.3) is 5.91 Å². The minimum Gasteiger partial charge on any atom is -0.340 e. The van der Waals surface area contributed by atoms with Crippen molar-refractivity contribution in [1.82, 2.24) is 10.3 Å². The maximum Gasteiger partial charge on any atom is 0.254 e. The molecular weight excluding hydrogens is 232 g/mol. The Kier molecular flexibility index (Phi) is 3.05. The zero-order valence-electron chi connectivity index (χ0n) is 9.69. The first-order chi connectivity index (χ1) is 8.34. The molecule has 0 aromatic carbocycles. The Bertz CT molecular complexity index is 429. The molecule has 0 bridgehead atoms. The van der Waals surface area contributed by atoms with E-state index in [1.165, 1.54) is 32.1 Å². The highest BCUT2D eigenvalue weighted by Crippen LogP contribution is 2.37. The van der Waals surface area contributed by atoms with E-state index >= 15 is 0 Å². The van der Waals surface area contributed by atoms with Crippen LogP contribution in [-0.2, 0) is 0 Å². The molecule has 1 unspecified atom stereocenters. The monoisotopic (exact) mass is 248 g/mol. The van der Waals surface area contributed by atoms with E-state index in [9.17, 15) is 4.79 Å². The SMILES string of the molecule is O=C1NC(C2CCCCC2)Sc2ncccc21. The highest BCUT2D eigenvalue weighted by Gasteiger charge is 2.31. The second kappa shape index (κ2) is 4.69. The minimum absolute atomic E-state index is 0.0439. The zero-order chi connectivity index (χ0) is 11.7. The first-order valence-corrected chi connectivity index (χ1v) is 7.15. The van der Waals surface area contributed by atoms with Gasteiger partial charge in [-0.25, -0.2) is 4.98 Å². The van der Waals surface area contributed by atoms with Gasteiger partial charge in [0, 0.05) is 6.20 Å². The molecule has 1 atom stereocenters. The van der Waals surface area contributed by atoms with Crippen molar-refractivity contribution in [2.24, 2.45) is 5.92 Å². The molecule has 1 N–H and O–H groups in total. The number of aromatic nitrogens is 1. The van der Waals surface area contributed by atoms with Crippen LogP contribution in [0.3, 0.4) is 0 Å². The van der Waals surface area contributed by atoms with Gasteiger partial charge in [-0.1, -0.05) is 31.0 Å². The molecule has 1 aromatic heterocycles. The average molecular weight is 248 g/mol. The van der Waals surface area contributed by atoms with Crippen LogP contribution in [0.5, 0.6) is 0 Å². The van der Waals surface area contributed by atoms with Gasteiger partial charge in [0.2, 0.25) is 0 Å². The second-order valence-electron chi connectivity index (χ2n) is 4.77. The average Bonchev–Trinajstić information content (AvgIpc) is 2.40. The third-order valence-corrected chi connectivity index (χ3v) is 4.91. The number of nitrogens with zero attached hydrogens (tertiary/aromatic N) is 1. The van der Waals surface area contributed by atoms with Crippen LogP contribution in [0.15, 0.2) is 23.4 Å². The summed E-state index contributed by atoms with van der Waals surface area (Å²) in [5, 5.41) is 4.25. The first-order valence-electron chi connectivity index (χ1n) is 6.27. The molecule has 17 heavy (non-hydrogen) atoms. The maximum absolute atomic E-state index is 12.0. The Hall–Kier alpha value is -1.03. The number of pyridine rings is 1. The van der Waals surface area contributed by atoms with Crippen molar-refractivity contribution in [2.45, 2.75) is 42.5 Å².